The zero-order chi connectivity index (χ0) is 17.0. The van der Waals surface area contributed by atoms with Crippen molar-refractivity contribution in [3.8, 4) is 5.69 Å². The molecule has 0 saturated carbocycles. The van der Waals surface area contributed by atoms with Crippen LogP contribution in [0.25, 0.3) is 26.8 Å². The summed E-state index contributed by atoms with van der Waals surface area (Å²) in [6, 6.07) is 6.89. The lowest BCUT2D eigenvalue weighted by Gasteiger charge is -2.12. The van der Waals surface area contributed by atoms with Crippen LogP contribution in [0.4, 0.5) is 13.2 Å². The standard InChI is InChI=1S/C16H7F3N2O2S/c17-7-1-3-8(4-2-7)21-12-6-11(19)10(18)5-9(12)14(22)13-15(23)20-24-16(13)21/h1-6H,(H,20,23). The first kappa shape index (κ1) is 14.7. The highest BCUT2D eigenvalue weighted by Gasteiger charge is 2.19. The van der Waals surface area contributed by atoms with E-state index >= 15 is 0 Å². The van der Waals surface area contributed by atoms with Gasteiger partial charge in [0.05, 0.1) is 10.9 Å². The van der Waals surface area contributed by atoms with Crippen LogP contribution in [0.1, 0.15) is 0 Å². The fourth-order valence-corrected chi connectivity index (χ4v) is 3.52. The third kappa shape index (κ3) is 2.00. The van der Waals surface area contributed by atoms with Crippen molar-refractivity contribution in [3.05, 3.63) is 74.4 Å². The summed E-state index contributed by atoms with van der Waals surface area (Å²) in [5.41, 5.74) is -0.789. The number of nitrogens with one attached hydrogen (secondary N) is 1. The molecule has 2 aromatic heterocycles. The van der Waals surface area contributed by atoms with Crippen LogP contribution in [0.15, 0.2) is 46.0 Å². The van der Waals surface area contributed by atoms with E-state index in [-0.39, 0.29) is 21.1 Å². The van der Waals surface area contributed by atoms with Gasteiger partial charge in [-0.25, -0.2) is 13.2 Å². The summed E-state index contributed by atoms with van der Waals surface area (Å²) < 4.78 is 44.4. The molecule has 0 amide bonds. The van der Waals surface area contributed by atoms with E-state index in [1.807, 2.05) is 0 Å². The van der Waals surface area contributed by atoms with Gasteiger partial charge in [-0.1, -0.05) is 0 Å². The summed E-state index contributed by atoms with van der Waals surface area (Å²) in [4.78, 5) is 24.7. The Morgan fingerprint density at radius 3 is 2.33 bits per heavy atom. The highest BCUT2D eigenvalue weighted by Crippen LogP contribution is 2.26. The predicted molar refractivity (Wildman–Crippen MR) is 85.4 cm³/mol. The number of hydrogen-bond donors (Lipinski definition) is 1. The van der Waals surface area contributed by atoms with Gasteiger partial charge >= 0.3 is 0 Å². The Kier molecular flexibility index (Phi) is 3.10. The molecule has 2 heterocycles. The van der Waals surface area contributed by atoms with Gasteiger partial charge in [0.2, 0.25) is 5.43 Å². The van der Waals surface area contributed by atoms with Crippen LogP contribution in [0.2, 0.25) is 0 Å². The van der Waals surface area contributed by atoms with Crippen LogP contribution in [0.3, 0.4) is 0 Å². The number of pyridine rings is 1. The number of aromatic nitrogens is 2. The Hall–Kier alpha value is -2.87. The number of nitrogens with zero attached hydrogens (tertiary/aromatic N) is 1. The Bertz CT molecular complexity index is 1220. The van der Waals surface area contributed by atoms with Gasteiger partial charge in [0.1, 0.15) is 16.0 Å². The van der Waals surface area contributed by atoms with Crippen LogP contribution in [0.5, 0.6) is 0 Å². The van der Waals surface area contributed by atoms with E-state index in [9.17, 15) is 22.8 Å². The van der Waals surface area contributed by atoms with E-state index in [0.717, 1.165) is 23.7 Å². The third-order valence-electron chi connectivity index (χ3n) is 3.72. The molecule has 0 radical (unpaired) electrons. The molecule has 4 aromatic rings. The zero-order valence-corrected chi connectivity index (χ0v) is 12.6. The smallest absolute Gasteiger partial charge is 0.271 e. The van der Waals surface area contributed by atoms with Crippen molar-refractivity contribution in [3.63, 3.8) is 0 Å². The zero-order valence-electron chi connectivity index (χ0n) is 11.8. The lowest BCUT2D eigenvalue weighted by molar-refractivity contribution is 0.510. The average molecular weight is 348 g/mol. The Labute approximate surface area is 135 Å². The molecule has 8 heteroatoms. The number of halogens is 3. The minimum Gasteiger partial charge on any atom is -0.299 e. The van der Waals surface area contributed by atoms with Crippen molar-refractivity contribution in [1.82, 2.24) is 8.94 Å². The molecule has 0 fully saturated rings. The van der Waals surface area contributed by atoms with Crippen LogP contribution in [0, 0.1) is 17.5 Å². The number of H-pyrrole nitrogens is 1. The molecule has 0 spiro atoms. The van der Waals surface area contributed by atoms with E-state index in [4.69, 9.17) is 0 Å². The number of fused-ring (bicyclic) bond motifs is 2. The molecule has 4 rings (SSSR count). The third-order valence-corrected chi connectivity index (χ3v) is 4.59. The average Bonchev–Trinajstić information content (AvgIpc) is 2.93. The highest BCUT2D eigenvalue weighted by molar-refractivity contribution is 7.12. The van der Waals surface area contributed by atoms with Gasteiger partial charge in [-0.15, -0.1) is 0 Å². The summed E-state index contributed by atoms with van der Waals surface area (Å²) in [6.07, 6.45) is 0. The monoisotopic (exact) mass is 348 g/mol. The molecule has 0 atom stereocenters. The summed E-state index contributed by atoms with van der Waals surface area (Å²) in [5.74, 6) is -2.78. The van der Waals surface area contributed by atoms with Gasteiger partial charge in [-0.05, 0) is 41.9 Å². The van der Waals surface area contributed by atoms with Gasteiger partial charge in [-0.2, -0.15) is 0 Å². The minimum atomic E-state index is -1.18. The SMILES string of the molecule is O=c1[nH]sc2c1c(=O)c1cc(F)c(F)cc1n2-c1ccc(F)cc1. The van der Waals surface area contributed by atoms with Gasteiger partial charge in [0.25, 0.3) is 5.56 Å². The molecule has 0 aliphatic rings. The van der Waals surface area contributed by atoms with E-state index in [0.29, 0.717) is 5.69 Å². The second-order valence-corrected chi connectivity index (χ2v) is 5.93. The predicted octanol–water partition coefficient (Wildman–Crippen LogP) is 3.31. The van der Waals surface area contributed by atoms with Crippen LogP contribution < -0.4 is 11.0 Å². The van der Waals surface area contributed by atoms with Gasteiger partial charge in [0, 0.05) is 11.8 Å². The summed E-state index contributed by atoms with van der Waals surface area (Å²) in [5, 5.41) is -0.280. The summed E-state index contributed by atoms with van der Waals surface area (Å²) in [6.45, 7) is 0. The van der Waals surface area contributed by atoms with Crippen molar-refractivity contribution in [2.24, 2.45) is 0 Å². The van der Waals surface area contributed by atoms with E-state index in [2.05, 4.69) is 4.37 Å². The maximum atomic E-state index is 13.7. The van der Waals surface area contributed by atoms with Crippen LogP contribution in [-0.2, 0) is 0 Å². The van der Waals surface area contributed by atoms with Gasteiger partial charge in [-0.3, -0.25) is 18.5 Å². The van der Waals surface area contributed by atoms with E-state index in [1.54, 1.807) is 0 Å². The fraction of sp³-hybridized carbons (Fsp3) is 0. The van der Waals surface area contributed by atoms with Crippen molar-refractivity contribution in [2.45, 2.75) is 0 Å². The quantitative estimate of drug-likeness (QED) is 0.574. The molecule has 0 bridgehead atoms. The minimum absolute atomic E-state index is 0.0910. The Balaban J connectivity index is 2.30. The fourth-order valence-electron chi connectivity index (χ4n) is 2.65. The first-order chi connectivity index (χ1) is 11.5. The molecule has 0 unspecified atom stereocenters. The van der Waals surface area contributed by atoms with Crippen LogP contribution >= 0.6 is 11.5 Å². The molecular formula is C16H7F3N2O2S. The molecule has 0 aliphatic heterocycles. The van der Waals surface area contributed by atoms with Crippen molar-refractivity contribution < 1.29 is 13.2 Å². The second kappa shape index (κ2) is 5.07. The van der Waals surface area contributed by atoms with Crippen molar-refractivity contribution in [2.75, 3.05) is 0 Å². The molecule has 120 valence electrons. The number of rotatable bonds is 1. The molecule has 2 aromatic carbocycles. The summed E-state index contributed by atoms with van der Waals surface area (Å²) in [7, 11) is 0. The van der Waals surface area contributed by atoms with Gasteiger partial charge in [0.15, 0.2) is 11.6 Å². The number of hydrogen-bond acceptors (Lipinski definition) is 3. The van der Waals surface area contributed by atoms with Crippen LogP contribution in [-0.4, -0.2) is 8.94 Å². The molecule has 0 saturated heterocycles. The molecular weight excluding hydrogens is 341 g/mol. The number of benzene rings is 2. The maximum Gasteiger partial charge on any atom is 0.271 e. The lowest BCUT2D eigenvalue weighted by Crippen LogP contribution is -2.15. The summed E-state index contributed by atoms with van der Waals surface area (Å²) >= 11 is 0.894. The highest BCUT2D eigenvalue weighted by atomic mass is 32.1. The molecule has 1 N–H and O–H groups in total. The maximum absolute atomic E-state index is 13.7. The van der Waals surface area contributed by atoms with Crippen molar-refractivity contribution >= 4 is 32.7 Å². The topological polar surface area (TPSA) is 54.9 Å². The first-order valence-corrected chi connectivity index (χ1v) is 7.60. The van der Waals surface area contributed by atoms with E-state index < -0.39 is 28.4 Å². The van der Waals surface area contributed by atoms with Gasteiger partial charge < -0.3 is 0 Å². The lowest BCUT2D eigenvalue weighted by atomic mass is 10.1. The van der Waals surface area contributed by atoms with Crippen molar-refractivity contribution in [1.29, 1.82) is 0 Å². The Morgan fingerprint density at radius 2 is 1.62 bits per heavy atom. The second-order valence-electron chi connectivity index (χ2n) is 5.14. The molecule has 24 heavy (non-hydrogen) atoms. The number of aromatic amines is 1. The molecule has 0 aliphatic carbocycles. The van der Waals surface area contributed by atoms with E-state index in [1.165, 1.54) is 28.8 Å². The normalized spacial score (nSPS) is 11.5. The first-order valence-electron chi connectivity index (χ1n) is 6.78. The molecule has 4 nitrogen and oxygen atoms in total. The Morgan fingerprint density at radius 1 is 0.958 bits per heavy atom. The largest absolute Gasteiger partial charge is 0.299 e.